The van der Waals surface area contributed by atoms with Gasteiger partial charge in [0.15, 0.2) is 0 Å². The summed E-state index contributed by atoms with van der Waals surface area (Å²) in [4.78, 5) is 25.2. The number of hydrogen-bond donors (Lipinski definition) is 1. The summed E-state index contributed by atoms with van der Waals surface area (Å²) >= 11 is 1.70. The van der Waals surface area contributed by atoms with Crippen molar-refractivity contribution in [3.05, 3.63) is 46.6 Å². The predicted molar refractivity (Wildman–Crippen MR) is 107 cm³/mol. The van der Waals surface area contributed by atoms with Gasteiger partial charge in [-0.1, -0.05) is 12.1 Å². The topological polar surface area (TPSA) is 58.1 Å². The zero-order valence-corrected chi connectivity index (χ0v) is 15.9. The van der Waals surface area contributed by atoms with E-state index < -0.39 is 0 Å². The summed E-state index contributed by atoms with van der Waals surface area (Å²) in [5, 5.41) is 4.56. The molecule has 1 aliphatic heterocycles. The molecule has 0 aliphatic carbocycles. The zero-order chi connectivity index (χ0) is 18.1. The first-order valence-corrected chi connectivity index (χ1v) is 9.79. The second kappa shape index (κ2) is 7.03. The van der Waals surface area contributed by atoms with Gasteiger partial charge in [0.25, 0.3) is 0 Å². The molecule has 0 saturated carbocycles. The molecule has 134 valence electrons. The quantitative estimate of drug-likeness (QED) is 0.742. The summed E-state index contributed by atoms with van der Waals surface area (Å²) < 4.78 is 0. The van der Waals surface area contributed by atoms with E-state index in [1.807, 2.05) is 17.0 Å². The molecule has 26 heavy (non-hydrogen) atoms. The van der Waals surface area contributed by atoms with Gasteiger partial charge in [-0.15, -0.1) is 11.3 Å². The van der Waals surface area contributed by atoms with Crippen molar-refractivity contribution in [1.82, 2.24) is 9.97 Å². The lowest BCUT2D eigenvalue weighted by molar-refractivity contribution is -0.119. The molecule has 5 nitrogen and oxygen atoms in total. The lowest BCUT2D eigenvalue weighted by Gasteiger charge is -2.27. The van der Waals surface area contributed by atoms with Gasteiger partial charge in [-0.05, 0) is 49.9 Å². The molecule has 3 heterocycles. The third-order valence-electron chi connectivity index (χ3n) is 4.97. The van der Waals surface area contributed by atoms with Crippen molar-refractivity contribution >= 4 is 39.0 Å². The Morgan fingerprint density at radius 3 is 2.96 bits per heavy atom. The van der Waals surface area contributed by atoms with E-state index >= 15 is 0 Å². The van der Waals surface area contributed by atoms with Crippen LogP contribution in [0.3, 0.4) is 0 Å². The summed E-state index contributed by atoms with van der Waals surface area (Å²) in [7, 11) is 0. The summed E-state index contributed by atoms with van der Waals surface area (Å²) in [6.45, 7) is 5.71. The van der Waals surface area contributed by atoms with E-state index in [1.54, 1.807) is 17.7 Å². The molecular formula is C20H22N4OS. The molecule has 1 saturated heterocycles. The van der Waals surface area contributed by atoms with Crippen LogP contribution in [0.25, 0.3) is 10.2 Å². The van der Waals surface area contributed by atoms with Crippen LogP contribution in [0.15, 0.2) is 30.6 Å². The van der Waals surface area contributed by atoms with Crippen molar-refractivity contribution in [2.24, 2.45) is 0 Å². The Kier molecular flexibility index (Phi) is 4.59. The number of anilines is 2. The Bertz CT molecular complexity index is 966. The Balaban J connectivity index is 1.55. The maximum Gasteiger partial charge on any atom is 0.226 e. The minimum atomic E-state index is 0.225. The van der Waals surface area contributed by atoms with Crippen LogP contribution in [0.5, 0.6) is 0 Å². The minimum absolute atomic E-state index is 0.225. The highest BCUT2D eigenvalue weighted by atomic mass is 32.1. The molecule has 1 fully saturated rings. The zero-order valence-electron chi connectivity index (χ0n) is 15.1. The van der Waals surface area contributed by atoms with Gasteiger partial charge < -0.3 is 10.2 Å². The van der Waals surface area contributed by atoms with Crippen LogP contribution in [0.1, 0.15) is 35.3 Å². The Hall–Kier alpha value is -2.47. The summed E-state index contributed by atoms with van der Waals surface area (Å²) in [5.41, 5.74) is 3.36. The van der Waals surface area contributed by atoms with Gasteiger partial charge in [0, 0.05) is 30.1 Å². The molecular weight excluding hydrogens is 344 g/mol. The number of aromatic nitrogens is 2. The van der Waals surface area contributed by atoms with Crippen molar-refractivity contribution in [2.75, 3.05) is 16.8 Å². The van der Waals surface area contributed by atoms with Crippen LogP contribution in [0.4, 0.5) is 11.5 Å². The SMILES string of the molecule is Cc1sc2ncnc(NCc3cccc(N4CCCCC4=O)c3)c2c1C. The standard InChI is InChI=1S/C20H22N4OS/c1-13-14(2)26-20-18(13)19(22-12-23-20)21-11-15-6-5-7-16(10-15)24-9-4-3-8-17(24)25/h5-7,10,12H,3-4,8-9,11H2,1-2H3,(H,21,22,23). The lowest BCUT2D eigenvalue weighted by Crippen LogP contribution is -2.35. The van der Waals surface area contributed by atoms with Gasteiger partial charge in [0.1, 0.15) is 17.0 Å². The second-order valence-electron chi connectivity index (χ2n) is 6.71. The number of nitrogens with one attached hydrogen (secondary N) is 1. The molecule has 0 unspecified atom stereocenters. The molecule has 2 aromatic heterocycles. The highest BCUT2D eigenvalue weighted by Crippen LogP contribution is 2.32. The molecule has 1 aliphatic rings. The number of hydrogen-bond acceptors (Lipinski definition) is 5. The van der Waals surface area contributed by atoms with E-state index in [0.29, 0.717) is 13.0 Å². The van der Waals surface area contributed by atoms with Crippen LogP contribution >= 0.6 is 11.3 Å². The van der Waals surface area contributed by atoms with Crippen LogP contribution in [-0.4, -0.2) is 22.4 Å². The monoisotopic (exact) mass is 366 g/mol. The van der Waals surface area contributed by atoms with E-state index in [1.165, 1.54) is 10.4 Å². The molecule has 0 spiro atoms. The van der Waals surface area contributed by atoms with Crippen molar-refractivity contribution < 1.29 is 4.79 Å². The van der Waals surface area contributed by atoms with Crippen LogP contribution in [0, 0.1) is 13.8 Å². The summed E-state index contributed by atoms with van der Waals surface area (Å²) in [5.74, 6) is 1.10. The minimum Gasteiger partial charge on any atom is -0.365 e. The Morgan fingerprint density at radius 2 is 2.12 bits per heavy atom. The first-order valence-electron chi connectivity index (χ1n) is 8.97. The number of aryl methyl sites for hydroxylation is 2. The number of nitrogens with zero attached hydrogens (tertiary/aromatic N) is 3. The van der Waals surface area contributed by atoms with Crippen molar-refractivity contribution in [1.29, 1.82) is 0 Å². The number of piperidine rings is 1. The Labute approximate surface area is 157 Å². The van der Waals surface area contributed by atoms with Gasteiger partial charge in [-0.25, -0.2) is 9.97 Å². The normalized spacial score (nSPS) is 14.8. The fraction of sp³-hybridized carbons (Fsp3) is 0.350. The maximum atomic E-state index is 12.2. The molecule has 3 aromatic rings. The van der Waals surface area contributed by atoms with E-state index in [4.69, 9.17) is 0 Å². The molecule has 1 aromatic carbocycles. The lowest BCUT2D eigenvalue weighted by atomic mass is 10.1. The van der Waals surface area contributed by atoms with E-state index in [9.17, 15) is 4.79 Å². The van der Waals surface area contributed by atoms with E-state index in [0.717, 1.165) is 46.7 Å². The number of carbonyl (C=O) groups is 1. The van der Waals surface area contributed by atoms with Crippen molar-refractivity contribution in [2.45, 2.75) is 39.7 Å². The number of fused-ring (bicyclic) bond motifs is 1. The molecule has 1 N–H and O–H groups in total. The number of benzene rings is 1. The van der Waals surface area contributed by atoms with Crippen molar-refractivity contribution in [3.8, 4) is 0 Å². The molecule has 1 amide bonds. The third kappa shape index (κ3) is 3.17. The first-order chi connectivity index (χ1) is 12.6. The van der Waals surface area contributed by atoms with Gasteiger partial charge >= 0.3 is 0 Å². The number of rotatable bonds is 4. The third-order valence-corrected chi connectivity index (χ3v) is 6.09. The van der Waals surface area contributed by atoms with Crippen LogP contribution in [0.2, 0.25) is 0 Å². The molecule has 4 rings (SSSR count). The van der Waals surface area contributed by atoms with Gasteiger partial charge in [0.05, 0.1) is 5.39 Å². The van der Waals surface area contributed by atoms with Gasteiger partial charge in [-0.3, -0.25) is 4.79 Å². The van der Waals surface area contributed by atoms with Gasteiger partial charge in [-0.2, -0.15) is 0 Å². The van der Waals surface area contributed by atoms with Crippen LogP contribution < -0.4 is 10.2 Å². The smallest absolute Gasteiger partial charge is 0.226 e. The molecule has 0 bridgehead atoms. The number of thiophene rings is 1. The Morgan fingerprint density at radius 1 is 1.23 bits per heavy atom. The van der Waals surface area contributed by atoms with E-state index in [2.05, 4.69) is 41.3 Å². The second-order valence-corrected chi connectivity index (χ2v) is 7.91. The first kappa shape index (κ1) is 17.0. The predicted octanol–water partition coefficient (Wildman–Crippen LogP) is 4.44. The number of carbonyl (C=O) groups excluding carboxylic acids is 1. The maximum absolute atomic E-state index is 12.2. The largest absolute Gasteiger partial charge is 0.365 e. The fourth-order valence-corrected chi connectivity index (χ4v) is 4.41. The molecule has 0 radical (unpaired) electrons. The van der Waals surface area contributed by atoms with Crippen molar-refractivity contribution in [3.63, 3.8) is 0 Å². The average Bonchev–Trinajstić information content (AvgIpc) is 2.95. The molecule has 0 atom stereocenters. The van der Waals surface area contributed by atoms with Gasteiger partial charge in [0.2, 0.25) is 5.91 Å². The molecule has 6 heteroatoms. The number of amides is 1. The highest BCUT2D eigenvalue weighted by molar-refractivity contribution is 7.18. The highest BCUT2D eigenvalue weighted by Gasteiger charge is 2.19. The average molecular weight is 366 g/mol. The van der Waals surface area contributed by atoms with Crippen LogP contribution in [-0.2, 0) is 11.3 Å². The summed E-state index contributed by atoms with van der Waals surface area (Å²) in [6, 6.07) is 8.21. The summed E-state index contributed by atoms with van der Waals surface area (Å²) in [6.07, 6.45) is 4.34. The van der Waals surface area contributed by atoms with E-state index in [-0.39, 0.29) is 5.91 Å². The fourth-order valence-electron chi connectivity index (χ4n) is 3.42.